The first-order valence-corrected chi connectivity index (χ1v) is 12.8. The molecule has 2 fully saturated rings. The standard InChI is InChI=1S/C27H37N5O3/c1-21-7-5-8-22(17-21)20-28-31-25-18-24(32-12-15-34-16-13-32)19-27(30-25)35-14-6-11-26(33)29-23-9-3-2-4-10-23/h5,7-8,17-20,23H,2-4,6,9-16H2,1H3,(H,29,33)(H,30,31). The molecule has 1 aliphatic heterocycles. The normalized spacial score (nSPS) is 16.9. The van der Waals surface area contributed by atoms with Gasteiger partial charge in [-0.1, -0.05) is 49.1 Å². The summed E-state index contributed by atoms with van der Waals surface area (Å²) >= 11 is 0. The van der Waals surface area contributed by atoms with Crippen molar-refractivity contribution >= 4 is 23.6 Å². The highest BCUT2D eigenvalue weighted by molar-refractivity contribution is 5.80. The molecule has 0 atom stereocenters. The summed E-state index contributed by atoms with van der Waals surface area (Å²) in [5.41, 5.74) is 6.26. The molecule has 0 unspecified atom stereocenters. The maximum Gasteiger partial charge on any atom is 0.220 e. The number of rotatable bonds is 10. The average molecular weight is 480 g/mol. The molecule has 4 rings (SSSR count). The van der Waals surface area contributed by atoms with E-state index in [2.05, 4.69) is 44.8 Å². The molecule has 2 aliphatic rings. The molecule has 35 heavy (non-hydrogen) atoms. The van der Waals surface area contributed by atoms with Crippen LogP contribution in [-0.4, -0.2) is 56.1 Å². The Bertz CT molecular complexity index is 985. The maximum absolute atomic E-state index is 12.3. The molecular formula is C27H37N5O3. The molecule has 2 N–H and O–H groups in total. The van der Waals surface area contributed by atoms with Crippen LogP contribution in [0.15, 0.2) is 41.5 Å². The first kappa shape index (κ1) is 25.0. The Balaban J connectivity index is 1.33. The molecular weight excluding hydrogens is 442 g/mol. The maximum atomic E-state index is 12.3. The first-order valence-electron chi connectivity index (χ1n) is 12.8. The number of morpholine rings is 1. The molecule has 0 spiro atoms. The van der Waals surface area contributed by atoms with Gasteiger partial charge in [0.1, 0.15) is 0 Å². The molecule has 8 heteroatoms. The van der Waals surface area contributed by atoms with E-state index in [9.17, 15) is 4.79 Å². The summed E-state index contributed by atoms with van der Waals surface area (Å²) in [6, 6.07) is 12.4. The predicted octanol–water partition coefficient (Wildman–Crippen LogP) is 4.28. The third kappa shape index (κ3) is 8.24. The molecule has 1 aromatic heterocycles. The van der Waals surface area contributed by atoms with E-state index in [4.69, 9.17) is 9.47 Å². The van der Waals surface area contributed by atoms with Crippen molar-refractivity contribution < 1.29 is 14.3 Å². The van der Waals surface area contributed by atoms with Crippen LogP contribution in [0.3, 0.4) is 0 Å². The molecule has 1 saturated carbocycles. The van der Waals surface area contributed by atoms with Crippen molar-refractivity contribution in [2.45, 2.75) is 57.9 Å². The van der Waals surface area contributed by atoms with Gasteiger partial charge >= 0.3 is 0 Å². The lowest BCUT2D eigenvalue weighted by molar-refractivity contribution is -0.122. The number of hydrogen-bond acceptors (Lipinski definition) is 7. The topological polar surface area (TPSA) is 88.1 Å². The van der Waals surface area contributed by atoms with Crippen LogP contribution in [0.5, 0.6) is 5.88 Å². The number of benzene rings is 1. The zero-order valence-electron chi connectivity index (χ0n) is 20.7. The van der Waals surface area contributed by atoms with Crippen molar-refractivity contribution in [3.8, 4) is 5.88 Å². The first-order chi connectivity index (χ1) is 17.2. The van der Waals surface area contributed by atoms with Crippen LogP contribution in [0.1, 0.15) is 56.1 Å². The van der Waals surface area contributed by atoms with Crippen LogP contribution in [0.2, 0.25) is 0 Å². The SMILES string of the molecule is Cc1cccc(C=NNc2cc(N3CCOCC3)cc(OCCCC(=O)NC3CCCCC3)n2)c1. The summed E-state index contributed by atoms with van der Waals surface area (Å²) in [6.07, 6.45) is 8.80. The van der Waals surface area contributed by atoms with Crippen molar-refractivity contribution in [2.24, 2.45) is 5.10 Å². The molecule has 1 saturated heterocycles. The number of hydrogen-bond donors (Lipinski definition) is 2. The van der Waals surface area contributed by atoms with Crippen LogP contribution in [0.4, 0.5) is 11.5 Å². The van der Waals surface area contributed by atoms with Crippen molar-refractivity contribution in [1.82, 2.24) is 10.3 Å². The van der Waals surface area contributed by atoms with E-state index in [0.29, 0.717) is 50.4 Å². The van der Waals surface area contributed by atoms with Gasteiger partial charge in [0.05, 0.1) is 26.0 Å². The van der Waals surface area contributed by atoms with Gasteiger partial charge in [-0.2, -0.15) is 10.1 Å². The number of pyridine rings is 1. The number of anilines is 2. The van der Waals surface area contributed by atoms with E-state index in [0.717, 1.165) is 37.2 Å². The Kier molecular flexibility index (Phi) is 9.34. The van der Waals surface area contributed by atoms with Gasteiger partial charge in [-0.05, 0) is 31.7 Å². The summed E-state index contributed by atoms with van der Waals surface area (Å²) in [7, 11) is 0. The molecule has 188 valence electrons. The lowest BCUT2D eigenvalue weighted by Gasteiger charge is -2.29. The fourth-order valence-corrected chi connectivity index (χ4v) is 4.51. The van der Waals surface area contributed by atoms with E-state index < -0.39 is 0 Å². The van der Waals surface area contributed by atoms with Crippen LogP contribution in [-0.2, 0) is 9.53 Å². The minimum atomic E-state index is 0.114. The second-order valence-corrected chi connectivity index (χ2v) is 9.29. The number of aryl methyl sites for hydroxylation is 1. The van der Waals surface area contributed by atoms with Crippen LogP contribution < -0.4 is 20.4 Å². The van der Waals surface area contributed by atoms with E-state index in [1.165, 1.54) is 24.8 Å². The van der Waals surface area contributed by atoms with E-state index in [-0.39, 0.29) is 5.91 Å². The summed E-state index contributed by atoms with van der Waals surface area (Å²) in [5, 5.41) is 7.53. The number of amides is 1. The average Bonchev–Trinajstić information content (AvgIpc) is 2.88. The molecule has 0 radical (unpaired) electrons. The molecule has 2 heterocycles. The molecule has 8 nitrogen and oxygen atoms in total. The van der Waals surface area contributed by atoms with Gasteiger partial charge in [0.15, 0.2) is 5.82 Å². The zero-order chi connectivity index (χ0) is 24.3. The number of nitrogens with zero attached hydrogens (tertiary/aromatic N) is 3. The molecule has 2 aromatic rings. The van der Waals surface area contributed by atoms with Crippen LogP contribution >= 0.6 is 0 Å². The largest absolute Gasteiger partial charge is 0.478 e. The van der Waals surface area contributed by atoms with Gasteiger partial charge < -0.3 is 19.7 Å². The fourth-order valence-electron chi connectivity index (χ4n) is 4.51. The third-order valence-corrected chi connectivity index (χ3v) is 6.37. The minimum Gasteiger partial charge on any atom is -0.478 e. The van der Waals surface area contributed by atoms with E-state index >= 15 is 0 Å². The van der Waals surface area contributed by atoms with Crippen LogP contribution in [0, 0.1) is 6.92 Å². The minimum absolute atomic E-state index is 0.114. The Morgan fingerprint density at radius 2 is 2.03 bits per heavy atom. The Morgan fingerprint density at radius 3 is 2.83 bits per heavy atom. The lowest BCUT2D eigenvalue weighted by Crippen LogP contribution is -2.36. The summed E-state index contributed by atoms with van der Waals surface area (Å²) < 4.78 is 11.5. The quantitative estimate of drug-likeness (QED) is 0.300. The highest BCUT2D eigenvalue weighted by Gasteiger charge is 2.16. The zero-order valence-corrected chi connectivity index (χ0v) is 20.7. The van der Waals surface area contributed by atoms with Gasteiger partial charge in [0, 0.05) is 43.4 Å². The van der Waals surface area contributed by atoms with Crippen molar-refractivity contribution in [3.05, 3.63) is 47.5 Å². The molecule has 1 aliphatic carbocycles. The third-order valence-electron chi connectivity index (χ3n) is 6.37. The highest BCUT2D eigenvalue weighted by Crippen LogP contribution is 2.25. The highest BCUT2D eigenvalue weighted by atomic mass is 16.5. The van der Waals surface area contributed by atoms with Crippen molar-refractivity contribution in [3.63, 3.8) is 0 Å². The summed E-state index contributed by atoms with van der Waals surface area (Å²) in [6.45, 7) is 5.52. The van der Waals surface area contributed by atoms with Gasteiger partial charge in [0.2, 0.25) is 11.8 Å². The van der Waals surface area contributed by atoms with Gasteiger partial charge in [0.25, 0.3) is 0 Å². The Morgan fingerprint density at radius 1 is 1.20 bits per heavy atom. The summed E-state index contributed by atoms with van der Waals surface area (Å²) in [5.74, 6) is 1.25. The van der Waals surface area contributed by atoms with E-state index in [1.54, 1.807) is 6.21 Å². The second-order valence-electron chi connectivity index (χ2n) is 9.29. The van der Waals surface area contributed by atoms with Gasteiger partial charge in [-0.25, -0.2) is 0 Å². The van der Waals surface area contributed by atoms with Gasteiger partial charge in [-0.15, -0.1) is 0 Å². The van der Waals surface area contributed by atoms with Crippen LogP contribution in [0.25, 0.3) is 0 Å². The molecule has 0 bridgehead atoms. The second kappa shape index (κ2) is 13.1. The number of nitrogens with one attached hydrogen (secondary N) is 2. The predicted molar refractivity (Wildman–Crippen MR) is 139 cm³/mol. The number of aromatic nitrogens is 1. The van der Waals surface area contributed by atoms with Crippen molar-refractivity contribution in [2.75, 3.05) is 43.2 Å². The Labute approximate surface area is 208 Å². The number of carbonyl (C=O) groups is 1. The fraction of sp³-hybridized carbons (Fsp3) is 0.519. The monoisotopic (exact) mass is 479 g/mol. The van der Waals surface area contributed by atoms with Crippen molar-refractivity contribution in [1.29, 1.82) is 0 Å². The molecule has 1 aromatic carbocycles. The smallest absolute Gasteiger partial charge is 0.220 e. The Hall–Kier alpha value is -3.13. The van der Waals surface area contributed by atoms with Gasteiger partial charge in [-0.3, -0.25) is 10.2 Å². The number of hydrazone groups is 1. The molecule has 1 amide bonds. The summed E-state index contributed by atoms with van der Waals surface area (Å²) in [4.78, 5) is 19.1. The number of ether oxygens (including phenoxy) is 2. The van der Waals surface area contributed by atoms with E-state index in [1.807, 2.05) is 24.3 Å². The number of carbonyl (C=O) groups excluding carboxylic acids is 1. The lowest BCUT2D eigenvalue weighted by atomic mass is 9.95.